The number of nitrogens with zero attached hydrogens (tertiary/aromatic N) is 2. The van der Waals surface area contributed by atoms with Crippen LogP contribution in [0.1, 0.15) is 136 Å². The van der Waals surface area contributed by atoms with Crippen molar-refractivity contribution in [2.75, 3.05) is 9.80 Å². The second-order valence-electron chi connectivity index (χ2n) is 22.4. The minimum atomic E-state index is -0.0201. The molecular formula is C59H68N2S. The van der Waals surface area contributed by atoms with Gasteiger partial charge in [0.15, 0.2) is 0 Å². The maximum absolute atomic E-state index is 2.56. The Bertz CT molecular complexity index is 2740. The Balaban J connectivity index is 1.41. The summed E-state index contributed by atoms with van der Waals surface area (Å²) in [4.78, 5) is 5.04. The Morgan fingerprint density at radius 1 is 0.468 bits per heavy atom. The zero-order chi connectivity index (χ0) is 44.6. The van der Waals surface area contributed by atoms with Gasteiger partial charge in [0, 0.05) is 43.8 Å². The van der Waals surface area contributed by atoms with Crippen molar-refractivity contribution in [2.45, 2.75) is 137 Å². The fourth-order valence-electron chi connectivity index (χ4n) is 9.40. The molecule has 0 atom stereocenters. The minimum absolute atomic E-state index is 0.0201. The van der Waals surface area contributed by atoms with Gasteiger partial charge in [0.25, 0.3) is 0 Å². The Morgan fingerprint density at radius 3 is 1.58 bits per heavy atom. The molecule has 0 radical (unpaired) electrons. The lowest BCUT2D eigenvalue weighted by atomic mass is 9.63. The van der Waals surface area contributed by atoms with Gasteiger partial charge in [-0.1, -0.05) is 157 Å². The van der Waals surface area contributed by atoms with Crippen molar-refractivity contribution in [1.29, 1.82) is 0 Å². The number of benzene rings is 6. The number of hydrogen-bond acceptors (Lipinski definition) is 3. The van der Waals surface area contributed by atoms with Crippen molar-refractivity contribution < 1.29 is 0 Å². The van der Waals surface area contributed by atoms with Crippen LogP contribution in [0.2, 0.25) is 0 Å². The van der Waals surface area contributed by atoms with Crippen LogP contribution in [0.15, 0.2) is 133 Å². The molecule has 320 valence electrons. The van der Waals surface area contributed by atoms with E-state index >= 15 is 0 Å². The predicted octanol–water partition coefficient (Wildman–Crippen LogP) is 18.1. The lowest BCUT2D eigenvalue weighted by Crippen LogP contribution is -2.34. The van der Waals surface area contributed by atoms with E-state index in [0.717, 1.165) is 23.5 Å². The van der Waals surface area contributed by atoms with Crippen LogP contribution in [0.4, 0.5) is 34.1 Å². The van der Waals surface area contributed by atoms with Gasteiger partial charge < -0.3 is 9.80 Å². The first-order chi connectivity index (χ1) is 29.0. The Labute approximate surface area is 377 Å². The number of hydrogen-bond donors (Lipinski definition) is 0. The summed E-state index contributed by atoms with van der Waals surface area (Å²) < 4.78 is 1.29. The van der Waals surface area contributed by atoms with Crippen LogP contribution in [0.25, 0.3) is 21.2 Å². The molecule has 1 aromatic heterocycles. The minimum Gasteiger partial charge on any atom is -0.310 e. The molecule has 0 N–H and O–H groups in total. The Kier molecular flexibility index (Phi) is 10.9. The number of anilines is 6. The third kappa shape index (κ3) is 8.38. The highest BCUT2D eigenvalue weighted by molar-refractivity contribution is 7.17. The fraction of sp³-hybridized carbons (Fsp3) is 0.356. The van der Waals surface area contributed by atoms with Crippen LogP contribution < -0.4 is 9.80 Å². The average Bonchev–Trinajstić information content (AvgIpc) is 3.63. The molecule has 0 fully saturated rings. The largest absolute Gasteiger partial charge is 0.310 e. The van der Waals surface area contributed by atoms with Gasteiger partial charge in [-0.05, 0) is 146 Å². The third-order valence-electron chi connectivity index (χ3n) is 13.5. The Hall–Kier alpha value is -5.12. The summed E-state index contributed by atoms with van der Waals surface area (Å²) >= 11 is 1.81. The van der Waals surface area contributed by atoms with Gasteiger partial charge in [0.1, 0.15) is 0 Å². The number of thiophene rings is 1. The highest BCUT2D eigenvalue weighted by atomic mass is 32.1. The van der Waals surface area contributed by atoms with Gasteiger partial charge in [-0.2, -0.15) is 0 Å². The van der Waals surface area contributed by atoms with E-state index in [-0.39, 0.29) is 27.1 Å². The van der Waals surface area contributed by atoms with Gasteiger partial charge in [-0.25, -0.2) is 0 Å². The van der Waals surface area contributed by atoms with E-state index in [1.165, 1.54) is 78.1 Å². The van der Waals surface area contributed by atoms with Crippen molar-refractivity contribution in [1.82, 2.24) is 0 Å². The van der Waals surface area contributed by atoms with Crippen LogP contribution in [-0.4, -0.2) is 0 Å². The summed E-state index contributed by atoms with van der Waals surface area (Å²) in [6.45, 7) is 32.7. The Morgan fingerprint density at radius 2 is 0.984 bits per heavy atom. The highest BCUT2D eigenvalue weighted by Gasteiger charge is 2.38. The smallest absolute Gasteiger partial charge is 0.0647 e. The molecule has 0 saturated carbocycles. The molecule has 0 spiro atoms. The van der Waals surface area contributed by atoms with Crippen LogP contribution in [0, 0.1) is 6.92 Å². The molecule has 6 aromatic carbocycles. The monoisotopic (exact) mass is 837 g/mol. The second kappa shape index (κ2) is 15.6. The summed E-state index contributed by atoms with van der Waals surface area (Å²) in [5.41, 5.74) is 17.8. The zero-order valence-electron chi connectivity index (χ0n) is 39.9. The molecule has 0 unspecified atom stereocenters. The van der Waals surface area contributed by atoms with Gasteiger partial charge in [-0.3, -0.25) is 0 Å². The quantitative estimate of drug-likeness (QED) is 0.158. The summed E-state index contributed by atoms with van der Waals surface area (Å²) in [5, 5.41) is 3.59. The summed E-state index contributed by atoms with van der Waals surface area (Å²) in [6, 6.07) is 49.1. The fourth-order valence-corrected chi connectivity index (χ4v) is 10.3. The standard InChI is InChI=1S/C59H68N2S/c1-39-33-46(60(44-26-23-42(24-27-44)56(5,6)7)53-38-62-54-18-16-15-17-48(53)54)36-47(34-39)61(45-28-29-50-51(37-45)59(13,14)32-31-58(50,11)12)52-30-25-43(57(8,9)10)35-49(52)40-19-21-41(22-20-40)55(2,3)4/h15-30,33-38H,31-32H2,1-14H3. The molecule has 62 heavy (non-hydrogen) atoms. The second-order valence-corrected chi connectivity index (χ2v) is 23.3. The summed E-state index contributed by atoms with van der Waals surface area (Å²) in [5.74, 6) is 0. The van der Waals surface area contributed by atoms with Crippen molar-refractivity contribution in [2.24, 2.45) is 0 Å². The molecule has 0 aliphatic heterocycles. The van der Waals surface area contributed by atoms with E-state index in [9.17, 15) is 0 Å². The number of aryl methyl sites for hydroxylation is 1. The molecule has 0 amide bonds. The topological polar surface area (TPSA) is 6.48 Å². The van der Waals surface area contributed by atoms with Crippen LogP contribution >= 0.6 is 11.3 Å². The molecule has 2 nitrogen and oxygen atoms in total. The first kappa shape index (κ1) is 43.5. The third-order valence-corrected chi connectivity index (χ3v) is 14.5. The van der Waals surface area contributed by atoms with E-state index in [1.807, 2.05) is 11.3 Å². The zero-order valence-corrected chi connectivity index (χ0v) is 40.7. The first-order valence-corrected chi connectivity index (χ1v) is 23.6. The van der Waals surface area contributed by atoms with Gasteiger partial charge >= 0.3 is 0 Å². The molecule has 1 aliphatic rings. The molecule has 0 saturated heterocycles. The number of rotatable bonds is 7. The predicted molar refractivity (Wildman–Crippen MR) is 273 cm³/mol. The van der Waals surface area contributed by atoms with E-state index in [1.54, 1.807) is 0 Å². The molecular weight excluding hydrogens is 769 g/mol. The van der Waals surface area contributed by atoms with Crippen LogP contribution in [-0.2, 0) is 27.1 Å². The van der Waals surface area contributed by atoms with E-state index in [2.05, 4.69) is 240 Å². The molecule has 0 bridgehead atoms. The van der Waals surface area contributed by atoms with Crippen molar-refractivity contribution in [3.8, 4) is 11.1 Å². The van der Waals surface area contributed by atoms with E-state index < -0.39 is 0 Å². The molecule has 1 aliphatic carbocycles. The SMILES string of the molecule is Cc1cc(N(c2ccc3c(c2)C(C)(C)CCC3(C)C)c2ccc(C(C)(C)C)cc2-c2ccc(C(C)(C)C)cc2)cc(N(c2ccc(C(C)(C)C)cc2)c2csc3ccccc23)c1. The van der Waals surface area contributed by atoms with Crippen molar-refractivity contribution in [3.63, 3.8) is 0 Å². The summed E-state index contributed by atoms with van der Waals surface area (Å²) in [6.07, 6.45) is 2.35. The van der Waals surface area contributed by atoms with E-state index in [0.29, 0.717) is 0 Å². The average molecular weight is 837 g/mol. The maximum Gasteiger partial charge on any atom is 0.0647 e. The molecule has 3 heteroatoms. The normalized spacial score (nSPS) is 15.1. The molecule has 1 heterocycles. The van der Waals surface area contributed by atoms with Crippen molar-refractivity contribution >= 4 is 55.5 Å². The van der Waals surface area contributed by atoms with Crippen LogP contribution in [0.5, 0.6) is 0 Å². The highest BCUT2D eigenvalue weighted by Crippen LogP contribution is 2.51. The maximum atomic E-state index is 2.56. The lowest BCUT2D eigenvalue weighted by molar-refractivity contribution is 0.332. The van der Waals surface area contributed by atoms with Gasteiger partial charge in [0.2, 0.25) is 0 Å². The van der Waals surface area contributed by atoms with Crippen LogP contribution in [0.3, 0.4) is 0 Å². The molecule has 7 aromatic rings. The number of fused-ring (bicyclic) bond motifs is 2. The lowest BCUT2D eigenvalue weighted by Gasteiger charge is -2.42. The first-order valence-electron chi connectivity index (χ1n) is 22.7. The van der Waals surface area contributed by atoms with Gasteiger partial charge in [-0.15, -0.1) is 11.3 Å². The molecule has 8 rings (SSSR count). The van der Waals surface area contributed by atoms with Gasteiger partial charge in [0.05, 0.1) is 11.4 Å². The van der Waals surface area contributed by atoms with E-state index in [4.69, 9.17) is 0 Å². The summed E-state index contributed by atoms with van der Waals surface area (Å²) in [7, 11) is 0. The van der Waals surface area contributed by atoms with Crippen molar-refractivity contribution in [3.05, 3.63) is 166 Å².